The van der Waals surface area contributed by atoms with Crippen molar-refractivity contribution >= 4 is 17.3 Å². The summed E-state index contributed by atoms with van der Waals surface area (Å²) in [5.74, 6) is 0.638. The van der Waals surface area contributed by atoms with Crippen LogP contribution in [0.15, 0.2) is 18.2 Å². The minimum absolute atomic E-state index is 0.638. The Morgan fingerprint density at radius 3 is 2.73 bits per heavy atom. The van der Waals surface area contributed by atoms with Crippen molar-refractivity contribution in [2.75, 3.05) is 32.1 Å². The second-order valence-electron chi connectivity index (χ2n) is 4.29. The first kappa shape index (κ1) is 10.8. The average molecular weight is 225 g/mol. The van der Waals surface area contributed by atoms with E-state index in [1.165, 1.54) is 12.0 Å². The Labute approximate surface area is 96.2 Å². The highest BCUT2D eigenvalue weighted by Crippen LogP contribution is 2.30. The van der Waals surface area contributed by atoms with Gasteiger partial charge >= 0.3 is 0 Å². The highest BCUT2D eigenvalue weighted by atomic mass is 35.5. The van der Waals surface area contributed by atoms with E-state index in [1.54, 1.807) is 0 Å². The molecule has 0 bridgehead atoms. The number of nitrogens with zero attached hydrogens (tertiary/aromatic N) is 1. The Bertz CT molecular complexity index is 343. The normalized spacial score (nSPS) is 20.6. The fourth-order valence-corrected chi connectivity index (χ4v) is 2.44. The van der Waals surface area contributed by atoms with Crippen molar-refractivity contribution in [1.29, 1.82) is 0 Å². The van der Waals surface area contributed by atoms with Gasteiger partial charge in [-0.05, 0) is 36.6 Å². The molecule has 1 heterocycles. The summed E-state index contributed by atoms with van der Waals surface area (Å²) in [5, 5.41) is 4.23. The van der Waals surface area contributed by atoms with Gasteiger partial charge in [0.05, 0.1) is 10.7 Å². The summed E-state index contributed by atoms with van der Waals surface area (Å²) >= 11 is 6.24. The van der Waals surface area contributed by atoms with Crippen molar-refractivity contribution in [3.8, 4) is 0 Å². The lowest BCUT2D eigenvalue weighted by Crippen LogP contribution is -2.10. The predicted octanol–water partition coefficient (Wildman–Crippen LogP) is 2.48. The molecule has 82 valence electrons. The molecule has 1 saturated heterocycles. The zero-order valence-electron chi connectivity index (χ0n) is 9.26. The van der Waals surface area contributed by atoms with Crippen LogP contribution in [0.4, 0.5) is 5.69 Å². The topological polar surface area (TPSA) is 15.3 Å². The molecule has 1 aromatic carbocycles. The molecule has 0 saturated carbocycles. The third-order valence-corrected chi connectivity index (χ3v) is 3.29. The predicted molar refractivity (Wildman–Crippen MR) is 66.0 cm³/mol. The third-order valence-electron chi connectivity index (χ3n) is 2.99. The first-order chi connectivity index (χ1) is 7.18. The van der Waals surface area contributed by atoms with E-state index in [4.69, 9.17) is 11.6 Å². The number of anilines is 1. The first-order valence-corrected chi connectivity index (χ1v) is 5.74. The molecule has 2 nitrogen and oxygen atoms in total. The van der Waals surface area contributed by atoms with Crippen molar-refractivity contribution in [3.05, 3.63) is 28.8 Å². The molecular weight excluding hydrogens is 208 g/mol. The molecular formula is C12H17ClN2. The van der Waals surface area contributed by atoms with Crippen LogP contribution in [-0.2, 0) is 0 Å². The van der Waals surface area contributed by atoms with Crippen LogP contribution in [0, 0.1) is 0 Å². The summed E-state index contributed by atoms with van der Waals surface area (Å²) in [6.45, 7) is 2.20. The fourth-order valence-electron chi connectivity index (χ4n) is 2.08. The molecule has 1 aliphatic rings. The standard InChI is InChI=1S/C12H17ClN2/c1-15(2)12-4-3-9(7-11(12)13)10-5-6-14-8-10/h3-4,7,10,14H,5-6,8H2,1-2H3. The number of benzene rings is 1. The molecule has 1 N–H and O–H groups in total. The van der Waals surface area contributed by atoms with E-state index in [1.807, 2.05) is 19.0 Å². The number of halogens is 1. The van der Waals surface area contributed by atoms with Gasteiger partial charge in [0.2, 0.25) is 0 Å². The van der Waals surface area contributed by atoms with Gasteiger partial charge < -0.3 is 10.2 Å². The largest absolute Gasteiger partial charge is 0.376 e. The summed E-state index contributed by atoms with van der Waals surface area (Å²) in [4.78, 5) is 2.04. The summed E-state index contributed by atoms with van der Waals surface area (Å²) in [5.41, 5.74) is 2.45. The smallest absolute Gasteiger partial charge is 0.0642 e. The van der Waals surface area contributed by atoms with Gasteiger partial charge in [-0.2, -0.15) is 0 Å². The lowest BCUT2D eigenvalue weighted by atomic mass is 9.98. The molecule has 2 rings (SSSR count). The van der Waals surface area contributed by atoms with Gasteiger partial charge in [-0.25, -0.2) is 0 Å². The van der Waals surface area contributed by atoms with Gasteiger partial charge in [0, 0.05) is 20.6 Å². The van der Waals surface area contributed by atoms with Crippen LogP contribution < -0.4 is 10.2 Å². The summed E-state index contributed by atoms with van der Waals surface area (Å²) in [6, 6.07) is 6.41. The molecule has 3 heteroatoms. The highest BCUT2D eigenvalue weighted by molar-refractivity contribution is 6.33. The minimum atomic E-state index is 0.638. The van der Waals surface area contributed by atoms with Crippen molar-refractivity contribution in [2.45, 2.75) is 12.3 Å². The van der Waals surface area contributed by atoms with E-state index in [0.717, 1.165) is 23.8 Å². The molecule has 1 fully saturated rings. The summed E-state index contributed by atoms with van der Waals surface area (Å²) in [6.07, 6.45) is 1.22. The molecule has 0 radical (unpaired) electrons. The Balaban J connectivity index is 2.24. The molecule has 1 aromatic rings. The lowest BCUT2D eigenvalue weighted by Gasteiger charge is -2.16. The maximum Gasteiger partial charge on any atom is 0.0642 e. The van der Waals surface area contributed by atoms with Crippen LogP contribution >= 0.6 is 11.6 Å². The molecule has 0 aromatic heterocycles. The minimum Gasteiger partial charge on any atom is -0.376 e. The van der Waals surface area contributed by atoms with E-state index in [0.29, 0.717) is 5.92 Å². The summed E-state index contributed by atoms with van der Waals surface area (Å²) in [7, 11) is 4.02. The van der Waals surface area contributed by atoms with Crippen molar-refractivity contribution in [1.82, 2.24) is 5.32 Å². The molecule has 1 unspecified atom stereocenters. The third kappa shape index (κ3) is 2.27. The van der Waals surface area contributed by atoms with Crippen LogP contribution in [0.2, 0.25) is 5.02 Å². The fraction of sp³-hybridized carbons (Fsp3) is 0.500. The second kappa shape index (κ2) is 4.42. The maximum atomic E-state index is 6.24. The van der Waals surface area contributed by atoms with E-state index >= 15 is 0 Å². The van der Waals surface area contributed by atoms with Crippen LogP contribution in [0.5, 0.6) is 0 Å². The Morgan fingerprint density at radius 2 is 2.20 bits per heavy atom. The van der Waals surface area contributed by atoms with Gasteiger partial charge in [-0.15, -0.1) is 0 Å². The molecule has 0 amide bonds. The Hall–Kier alpha value is -0.730. The Morgan fingerprint density at radius 1 is 1.40 bits per heavy atom. The first-order valence-electron chi connectivity index (χ1n) is 5.36. The van der Waals surface area contributed by atoms with E-state index < -0.39 is 0 Å². The monoisotopic (exact) mass is 224 g/mol. The van der Waals surface area contributed by atoms with Gasteiger partial charge in [0.15, 0.2) is 0 Å². The number of nitrogens with one attached hydrogen (secondary N) is 1. The van der Waals surface area contributed by atoms with Gasteiger partial charge in [0.1, 0.15) is 0 Å². The van der Waals surface area contributed by atoms with Crippen LogP contribution in [0.1, 0.15) is 17.9 Å². The van der Waals surface area contributed by atoms with Crippen LogP contribution in [0.3, 0.4) is 0 Å². The van der Waals surface area contributed by atoms with E-state index in [9.17, 15) is 0 Å². The maximum absolute atomic E-state index is 6.24. The van der Waals surface area contributed by atoms with Crippen molar-refractivity contribution < 1.29 is 0 Å². The van der Waals surface area contributed by atoms with Crippen molar-refractivity contribution in [2.24, 2.45) is 0 Å². The molecule has 1 aliphatic heterocycles. The zero-order chi connectivity index (χ0) is 10.8. The second-order valence-corrected chi connectivity index (χ2v) is 4.70. The number of hydrogen-bond donors (Lipinski definition) is 1. The highest BCUT2D eigenvalue weighted by Gasteiger charge is 2.17. The molecule has 1 atom stereocenters. The van der Waals surface area contributed by atoms with Gasteiger partial charge in [-0.3, -0.25) is 0 Å². The SMILES string of the molecule is CN(C)c1ccc(C2CCNC2)cc1Cl. The summed E-state index contributed by atoms with van der Waals surface area (Å²) < 4.78 is 0. The lowest BCUT2D eigenvalue weighted by molar-refractivity contribution is 0.763. The van der Waals surface area contributed by atoms with Crippen LogP contribution in [0.25, 0.3) is 0 Å². The van der Waals surface area contributed by atoms with Crippen LogP contribution in [-0.4, -0.2) is 27.2 Å². The molecule has 0 aliphatic carbocycles. The van der Waals surface area contributed by atoms with Crippen molar-refractivity contribution in [3.63, 3.8) is 0 Å². The zero-order valence-corrected chi connectivity index (χ0v) is 10.0. The Kier molecular flexibility index (Phi) is 3.17. The molecule has 0 spiro atoms. The number of rotatable bonds is 2. The van der Waals surface area contributed by atoms with Gasteiger partial charge in [0.25, 0.3) is 0 Å². The quantitative estimate of drug-likeness (QED) is 0.831. The van der Waals surface area contributed by atoms with Gasteiger partial charge in [-0.1, -0.05) is 17.7 Å². The number of hydrogen-bond acceptors (Lipinski definition) is 2. The average Bonchev–Trinajstić information content (AvgIpc) is 2.69. The van der Waals surface area contributed by atoms with E-state index in [-0.39, 0.29) is 0 Å². The van der Waals surface area contributed by atoms with E-state index in [2.05, 4.69) is 23.5 Å². The molecule has 15 heavy (non-hydrogen) atoms.